The number of nitrogens with two attached hydrogens (primary N) is 1. The van der Waals surface area contributed by atoms with Crippen LogP contribution in [0.15, 0.2) is 18.2 Å². The summed E-state index contributed by atoms with van der Waals surface area (Å²) in [5.41, 5.74) is 9.85. The summed E-state index contributed by atoms with van der Waals surface area (Å²) in [6.45, 7) is 11.9. The molecule has 0 saturated heterocycles. The van der Waals surface area contributed by atoms with Gasteiger partial charge in [-0.15, -0.1) is 0 Å². The molecule has 0 aliphatic rings. The molecule has 0 amide bonds. The first-order valence-corrected chi connectivity index (χ1v) is 6.84. The van der Waals surface area contributed by atoms with E-state index in [1.807, 2.05) is 0 Å². The van der Waals surface area contributed by atoms with Crippen LogP contribution >= 0.6 is 0 Å². The lowest BCUT2D eigenvalue weighted by molar-refractivity contribution is 0.455. The van der Waals surface area contributed by atoms with Crippen molar-refractivity contribution in [3.05, 3.63) is 29.3 Å². The molecule has 0 fully saturated rings. The van der Waals surface area contributed by atoms with Crippen LogP contribution in [-0.4, -0.2) is 19.1 Å². The van der Waals surface area contributed by atoms with Gasteiger partial charge in [0.15, 0.2) is 0 Å². The minimum atomic E-state index is 0.0924. The third kappa shape index (κ3) is 3.26. The first-order valence-electron chi connectivity index (χ1n) is 6.84. The summed E-state index contributed by atoms with van der Waals surface area (Å²) in [6.07, 6.45) is 0.995. The summed E-state index contributed by atoms with van der Waals surface area (Å²) in [4.78, 5) is 2.36. The maximum Gasteiger partial charge on any atom is 0.0400 e. The molecule has 18 heavy (non-hydrogen) atoms. The van der Waals surface area contributed by atoms with Gasteiger partial charge in [-0.3, -0.25) is 0 Å². The Morgan fingerprint density at radius 2 is 1.89 bits per heavy atom. The van der Waals surface area contributed by atoms with Crippen molar-refractivity contribution in [3.63, 3.8) is 0 Å². The summed E-state index contributed by atoms with van der Waals surface area (Å²) >= 11 is 0. The van der Waals surface area contributed by atoms with Gasteiger partial charge in [0.05, 0.1) is 0 Å². The lowest BCUT2D eigenvalue weighted by Crippen LogP contribution is -2.43. The Morgan fingerprint density at radius 1 is 1.28 bits per heavy atom. The van der Waals surface area contributed by atoms with Crippen LogP contribution in [0.4, 0.5) is 5.69 Å². The predicted octanol–water partition coefficient (Wildman–Crippen LogP) is 3.68. The van der Waals surface area contributed by atoms with Crippen LogP contribution in [0.5, 0.6) is 0 Å². The van der Waals surface area contributed by atoms with E-state index in [2.05, 4.69) is 64.8 Å². The van der Waals surface area contributed by atoms with Crippen LogP contribution in [0.3, 0.4) is 0 Å². The molecular weight excluding hydrogens is 220 g/mol. The van der Waals surface area contributed by atoms with Crippen molar-refractivity contribution in [1.29, 1.82) is 0 Å². The Kier molecular flexibility index (Phi) is 4.80. The lowest BCUT2D eigenvalue weighted by atomic mass is 9.95. The summed E-state index contributed by atoms with van der Waals surface area (Å²) in [5.74, 6) is 0.565. The fourth-order valence-corrected chi connectivity index (χ4v) is 2.19. The zero-order valence-electron chi connectivity index (χ0n) is 12.7. The smallest absolute Gasteiger partial charge is 0.0400 e. The van der Waals surface area contributed by atoms with Gasteiger partial charge >= 0.3 is 0 Å². The molecule has 2 heteroatoms. The monoisotopic (exact) mass is 248 g/mol. The van der Waals surface area contributed by atoms with E-state index in [1.165, 1.54) is 16.8 Å². The number of rotatable bonds is 5. The third-order valence-electron chi connectivity index (χ3n) is 3.93. The fraction of sp³-hybridized carbons (Fsp3) is 0.625. The van der Waals surface area contributed by atoms with Crippen LogP contribution in [0.1, 0.15) is 51.2 Å². The molecule has 0 aliphatic heterocycles. The van der Waals surface area contributed by atoms with Crippen LogP contribution in [0, 0.1) is 6.92 Å². The molecule has 102 valence electrons. The highest BCUT2D eigenvalue weighted by Gasteiger charge is 2.24. The maximum atomic E-state index is 5.72. The highest BCUT2D eigenvalue weighted by Crippen LogP contribution is 2.30. The Hall–Kier alpha value is -1.02. The third-order valence-corrected chi connectivity index (χ3v) is 3.93. The molecule has 0 spiro atoms. The lowest BCUT2D eigenvalue weighted by Gasteiger charge is -2.38. The van der Waals surface area contributed by atoms with Gasteiger partial charge in [0.25, 0.3) is 0 Å². The van der Waals surface area contributed by atoms with Crippen LogP contribution < -0.4 is 10.6 Å². The molecule has 0 aromatic heterocycles. The van der Waals surface area contributed by atoms with Crippen molar-refractivity contribution in [2.24, 2.45) is 5.73 Å². The number of anilines is 1. The molecule has 2 N–H and O–H groups in total. The van der Waals surface area contributed by atoms with Crippen LogP contribution in [0.25, 0.3) is 0 Å². The molecule has 0 radical (unpaired) electrons. The van der Waals surface area contributed by atoms with Crippen LogP contribution in [-0.2, 0) is 0 Å². The van der Waals surface area contributed by atoms with E-state index < -0.39 is 0 Å². The van der Waals surface area contributed by atoms with E-state index in [0.717, 1.165) is 13.0 Å². The van der Waals surface area contributed by atoms with Gasteiger partial charge in [-0.25, -0.2) is 0 Å². The quantitative estimate of drug-likeness (QED) is 0.861. The highest BCUT2D eigenvalue weighted by molar-refractivity contribution is 5.56. The fourth-order valence-electron chi connectivity index (χ4n) is 2.19. The van der Waals surface area contributed by atoms with Gasteiger partial charge in [-0.05, 0) is 56.8 Å². The molecule has 1 rings (SSSR count). The summed E-state index contributed by atoms with van der Waals surface area (Å²) in [7, 11) is 2.17. The summed E-state index contributed by atoms with van der Waals surface area (Å²) in [5, 5.41) is 0. The van der Waals surface area contributed by atoms with Gasteiger partial charge in [0, 0.05) is 18.3 Å². The number of nitrogens with zero attached hydrogens (tertiary/aromatic N) is 1. The average Bonchev–Trinajstić information content (AvgIpc) is 2.28. The van der Waals surface area contributed by atoms with Crippen molar-refractivity contribution in [3.8, 4) is 0 Å². The molecule has 1 aromatic rings. The van der Waals surface area contributed by atoms with E-state index >= 15 is 0 Å². The Labute approximate surface area is 112 Å². The Morgan fingerprint density at radius 3 is 2.39 bits per heavy atom. The van der Waals surface area contributed by atoms with E-state index in [1.54, 1.807) is 0 Å². The molecule has 0 saturated carbocycles. The molecule has 2 nitrogen and oxygen atoms in total. The van der Waals surface area contributed by atoms with Crippen molar-refractivity contribution in [2.45, 2.75) is 52.5 Å². The van der Waals surface area contributed by atoms with Gasteiger partial charge in [0.1, 0.15) is 0 Å². The van der Waals surface area contributed by atoms with Crippen molar-refractivity contribution >= 4 is 5.69 Å². The SMILES string of the molecule is Cc1ccc(C(C)C)cc1N(C)C(C)(C)CCN. The first kappa shape index (κ1) is 15.0. The van der Waals surface area contributed by atoms with Gasteiger partial charge in [0.2, 0.25) is 0 Å². The van der Waals surface area contributed by atoms with Crippen molar-refractivity contribution in [1.82, 2.24) is 0 Å². The highest BCUT2D eigenvalue weighted by atomic mass is 15.2. The Balaban J connectivity index is 3.11. The molecule has 0 unspecified atom stereocenters. The number of aryl methyl sites for hydroxylation is 1. The van der Waals surface area contributed by atoms with Gasteiger partial charge in [-0.2, -0.15) is 0 Å². The van der Waals surface area contributed by atoms with E-state index in [9.17, 15) is 0 Å². The summed E-state index contributed by atoms with van der Waals surface area (Å²) in [6, 6.07) is 6.77. The predicted molar refractivity (Wildman–Crippen MR) is 81.4 cm³/mol. The maximum absolute atomic E-state index is 5.72. The average molecular weight is 248 g/mol. The normalized spacial score (nSPS) is 12.0. The number of hydrogen-bond donors (Lipinski definition) is 1. The topological polar surface area (TPSA) is 29.3 Å². The zero-order chi connectivity index (χ0) is 13.9. The standard InChI is InChI=1S/C16H28N2/c1-12(2)14-8-7-13(3)15(11-14)18(6)16(4,5)9-10-17/h7-8,11-12H,9-10,17H2,1-6H3. The van der Waals surface area contributed by atoms with Crippen LogP contribution in [0.2, 0.25) is 0 Å². The second-order valence-corrected chi connectivity index (χ2v) is 6.11. The molecule has 0 aliphatic carbocycles. The number of hydrogen-bond acceptors (Lipinski definition) is 2. The molecule has 1 aromatic carbocycles. The Bertz CT molecular complexity index is 394. The molecule has 0 bridgehead atoms. The van der Waals surface area contributed by atoms with E-state index in [0.29, 0.717) is 5.92 Å². The second-order valence-electron chi connectivity index (χ2n) is 6.11. The van der Waals surface area contributed by atoms with Gasteiger partial charge in [-0.1, -0.05) is 26.0 Å². The number of benzene rings is 1. The van der Waals surface area contributed by atoms with E-state index in [4.69, 9.17) is 5.73 Å². The molecular formula is C16H28N2. The molecule has 0 atom stereocenters. The van der Waals surface area contributed by atoms with Crippen molar-refractivity contribution in [2.75, 3.05) is 18.5 Å². The van der Waals surface area contributed by atoms with Gasteiger partial charge < -0.3 is 10.6 Å². The largest absolute Gasteiger partial charge is 0.369 e. The summed E-state index contributed by atoms with van der Waals surface area (Å²) < 4.78 is 0. The molecule has 0 heterocycles. The zero-order valence-corrected chi connectivity index (χ0v) is 12.7. The van der Waals surface area contributed by atoms with E-state index in [-0.39, 0.29) is 5.54 Å². The second kappa shape index (κ2) is 5.75. The minimum absolute atomic E-state index is 0.0924. The first-order chi connectivity index (χ1) is 8.29. The van der Waals surface area contributed by atoms with Crippen molar-refractivity contribution < 1.29 is 0 Å². The minimum Gasteiger partial charge on any atom is -0.369 e.